The lowest BCUT2D eigenvalue weighted by molar-refractivity contribution is -0.137. The highest BCUT2D eigenvalue weighted by Crippen LogP contribution is 2.37. The van der Waals surface area contributed by atoms with E-state index in [9.17, 15) is 23.1 Å². The molecule has 0 saturated carbocycles. The van der Waals surface area contributed by atoms with Crippen molar-refractivity contribution >= 4 is 17.1 Å². The molecule has 0 atom stereocenters. The quantitative estimate of drug-likeness (QED) is 0.774. The van der Waals surface area contributed by atoms with Crippen molar-refractivity contribution in [2.75, 3.05) is 0 Å². The first-order valence-electron chi connectivity index (χ1n) is 6.46. The number of halogens is 3. The predicted octanol–water partition coefficient (Wildman–Crippen LogP) is 3.92. The minimum Gasteiger partial charge on any atom is -0.478 e. The first-order chi connectivity index (χ1) is 10.8. The SMILES string of the molecule is Cc1noc2nc(-c3ccccc3C(F)(F)F)cc(C(=O)O)c12. The highest BCUT2D eigenvalue weighted by molar-refractivity contribution is 6.03. The molecule has 23 heavy (non-hydrogen) atoms. The molecule has 0 unspecified atom stereocenters. The van der Waals surface area contributed by atoms with Gasteiger partial charge in [-0.15, -0.1) is 0 Å². The zero-order valence-electron chi connectivity index (χ0n) is 11.7. The molecule has 8 heteroatoms. The van der Waals surface area contributed by atoms with Crippen molar-refractivity contribution in [3.8, 4) is 11.3 Å². The molecule has 0 aliphatic rings. The molecule has 0 saturated heterocycles. The molecular formula is C15H9F3N2O3. The molecule has 0 fully saturated rings. The third-order valence-corrected chi connectivity index (χ3v) is 3.36. The zero-order chi connectivity index (χ0) is 16.8. The lowest BCUT2D eigenvalue weighted by Gasteiger charge is -2.12. The van der Waals surface area contributed by atoms with Gasteiger partial charge in [-0.3, -0.25) is 0 Å². The monoisotopic (exact) mass is 322 g/mol. The van der Waals surface area contributed by atoms with E-state index in [2.05, 4.69) is 10.1 Å². The molecule has 5 nitrogen and oxygen atoms in total. The second-order valence-corrected chi connectivity index (χ2v) is 4.85. The summed E-state index contributed by atoms with van der Waals surface area (Å²) in [5.41, 5.74) is -1.28. The van der Waals surface area contributed by atoms with E-state index in [0.717, 1.165) is 12.1 Å². The third-order valence-electron chi connectivity index (χ3n) is 3.36. The van der Waals surface area contributed by atoms with Gasteiger partial charge in [0.15, 0.2) is 0 Å². The van der Waals surface area contributed by atoms with E-state index in [0.29, 0.717) is 5.69 Å². The molecule has 0 aliphatic heterocycles. The van der Waals surface area contributed by atoms with Crippen molar-refractivity contribution in [2.45, 2.75) is 13.1 Å². The van der Waals surface area contributed by atoms with Gasteiger partial charge >= 0.3 is 12.1 Å². The minimum atomic E-state index is -4.59. The first kappa shape index (κ1) is 15.0. The molecule has 3 rings (SSSR count). The van der Waals surface area contributed by atoms with Gasteiger partial charge in [0.05, 0.1) is 27.9 Å². The van der Waals surface area contributed by atoms with E-state index in [1.54, 1.807) is 0 Å². The minimum absolute atomic E-state index is 0.116. The molecule has 0 spiro atoms. The number of hydrogen-bond acceptors (Lipinski definition) is 4. The van der Waals surface area contributed by atoms with E-state index in [-0.39, 0.29) is 27.9 Å². The van der Waals surface area contributed by atoms with Crippen LogP contribution in [-0.2, 0) is 6.18 Å². The molecule has 0 aliphatic carbocycles. The van der Waals surface area contributed by atoms with Crippen molar-refractivity contribution in [2.24, 2.45) is 0 Å². The van der Waals surface area contributed by atoms with Crippen LogP contribution in [0.5, 0.6) is 0 Å². The Hall–Kier alpha value is -2.90. The fraction of sp³-hybridized carbons (Fsp3) is 0.133. The number of fused-ring (bicyclic) bond motifs is 1. The van der Waals surface area contributed by atoms with Crippen LogP contribution >= 0.6 is 0 Å². The second-order valence-electron chi connectivity index (χ2n) is 4.85. The van der Waals surface area contributed by atoms with E-state index >= 15 is 0 Å². The Kier molecular flexibility index (Phi) is 3.32. The van der Waals surface area contributed by atoms with Crippen LogP contribution in [0.2, 0.25) is 0 Å². The van der Waals surface area contributed by atoms with Gasteiger partial charge in [0.25, 0.3) is 5.71 Å². The van der Waals surface area contributed by atoms with Gasteiger partial charge in [0.1, 0.15) is 0 Å². The summed E-state index contributed by atoms with van der Waals surface area (Å²) in [6.07, 6.45) is -4.59. The summed E-state index contributed by atoms with van der Waals surface area (Å²) in [5.74, 6) is -1.30. The Balaban J connectivity index is 2.33. The van der Waals surface area contributed by atoms with Gasteiger partial charge in [-0.2, -0.15) is 13.2 Å². The average Bonchev–Trinajstić information content (AvgIpc) is 2.87. The standard InChI is InChI=1S/C15H9F3N2O3/c1-7-12-9(14(21)22)6-11(19-13(12)23-20-7)8-4-2-3-5-10(8)15(16,17)18/h2-6H,1H3,(H,21,22). The smallest absolute Gasteiger partial charge is 0.417 e. The van der Waals surface area contributed by atoms with Crippen molar-refractivity contribution in [3.05, 3.63) is 47.2 Å². The largest absolute Gasteiger partial charge is 0.478 e. The molecule has 0 radical (unpaired) electrons. The van der Waals surface area contributed by atoms with Crippen LogP contribution in [0.1, 0.15) is 21.6 Å². The van der Waals surface area contributed by atoms with Crippen molar-refractivity contribution in [1.82, 2.24) is 10.1 Å². The van der Waals surface area contributed by atoms with Crippen molar-refractivity contribution in [1.29, 1.82) is 0 Å². The predicted molar refractivity (Wildman–Crippen MR) is 73.9 cm³/mol. The van der Waals surface area contributed by atoms with Crippen LogP contribution in [0.3, 0.4) is 0 Å². The van der Waals surface area contributed by atoms with Crippen LogP contribution in [0.4, 0.5) is 13.2 Å². The number of hydrogen-bond donors (Lipinski definition) is 1. The van der Waals surface area contributed by atoms with Crippen LogP contribution in [-0.4, -0.2) is 21.2 Å². The molecule has 0 amide bonds. The van der Waals surface area contributed by atoms with Crippen molar-refractivity contribution < 1.29 is 27.6 Å². The van der Waals surface area contributed by atoms with E-state index in [1.807, 2.05) is 0 Å². The number of rotatable bonds is 2. The summed E-state index contributed by atoms with van der Waals surface area (Å²) in [6, 6.07) is 5.91. The molecule has 1 aromatic carbocycles. The van der Waals surface area contributed by atoms with Gasteiger partial charge in [-0.25, -0.2) is 9.78 Å². The lowest BCUT2D eigenvalue weighted by atomic mass is 10.0. The van der Waals surface area contributed by atoms with Crippen LogP contribution < -0.4 is 0 Å². The van der Waals surface area contributed by atoms with E-state index in [4.69, 9.17) is 4.52 Å². The fourth-order valence-electron chi connectivity index (χ4n) is 2.36. The summed E-state index contributed by atoms with van der Waals surface area (Å²) in [6.45, 7) is 1.53. The van der Waals surface area contributed by atoms with Crippen LogP contribution in [0, 0.1) is 6.92 Å². The van der Waals surface area contributed by atoms with Crippen molar-refractivity contribution in [3.63, 3.8) is 0 Å². The Morgan fingerprint density at radius 2 is 1.96 bits per heavy atom. The van der Waals surface area contributed by atoms with E-state index < -0.39 is 17.7 Å². The maximum absolute atomic E-state index is 13.1. The summed E-state index contributed by atoms with van der Waals surface area (Å²) in [7, 11) is 0. The summed E-state index contributed by atoms with van der Waals surface area (Å²) in [4.78, 5) is 15.4. The van der Waals surface area contributed by atoms with Gasteiger partial charge in [0, 0.05) is 5.56 Å². The Bertz CT molecular complexity index is 916. The number of carbonyl (C=O) groups is 1. The normalized spacial score (nSPS) is 11.8. The van der Waals surface area contributed by atoms with Gasteiger partial charge in [0.2, 0.25) is 0 Å². The topological polar surface area (TPSA) is 76.2 Å². The van der Waals surface area contributed by atoms with Gasteiger partial charge in [-0.1, -0.05) is 23.4 Å². The van der Waals surface area contributed by atoms with Crippen LogP contribution in [0.15, 0.2) is 34.9 Å². The highest BCUT2D eigenvalue weighted by atomic mass is 19.4. The lowest BCUT2D eigenvalue weighted by Crippen LogP contribution is -2.08. The van der Waals surface area contributed by atoms with E-state index in [1.165, 1.54) is 25.1 Å². The molecule has 0 bridgehead atoms. The number of benzene rings is 1. The highest BCUT2D eigenvalue weighted by Gasteiger charge is 2.34. The number of carboxylic acids is 1. The molecule has 3 aromatic rings. The zero-order valence-corrected chi connectivity index (χ0v) is 11.7. The Morgan fingerprint density at radius 3 is 2.61 bits per heavy atom. The Morgan fingerprint density at radius 1 is 1.26 bits per heavy atom. The van der Waals surface area contributed by atoms with Gasteiger partial charge in [-0.05, 0) is 19.1 Å². The first-order valence-corrected chi connectivity index (χ1v) is 6.46. The summed E-state index contributed by atoms with van der Waals surface area (Å²) in [5, 5.41) is 13.1. The van der Waals surface area contributed by atoms with Gasteiger partial charge < -0.3 is 9.63 Å². The third kappa shape index (κ3) is 2.52. The summed E-state index contributed by atoms with van der Waals surface area (Å²) < 4.78 is 44.3. The molecule has 1 N–H and O–H groups in total. The number of nitrogens with zero attached hydrogens (tertiary/aromatic N) is 2. The number of aryl methyl sites for hydroxylation is 1. The average molecular weight is 322 g/mol. The molecule has 2 heterocycles. The molecular weight excluding hydrogens is 313 g/mol. The maximum atomic E-state index is 13.1. The molecule has 2 aromatic heterocycles. The number of aromatic carboxylic acids is 1. The summed E-state index contributed by atoms with van der Waals surface area (Å²) >= 11 is 0. The second kappa shape index (κ2) is 5.08. The van der Waals surface area contributed by atoms with Crippen LogP contribution in [0.25, 0.3) is 22.4 Å². The molecule has 118 valence electrons. The number of aromatic nitrogens is 2. The number of pyridine rings is 1. The maximum Gasteiger partial charge on any atom is 0.417 e. The Labute approximate surface area is 127 Å². The number of carboxylic acid groups (broad SMARTS) is 1. The number of alkyl halides is 3. The fourth-order valence-corrected chi connectivity index (χ4v) is 2.36.